The van der Waals surface area contributed by atoms with Crippen LogP contribution in [0, 0.1) is 5.92 Å². The Labute approximate surface area is 166 Å². The molecule has 2 heterocycles. The van der Waals surface area contributed by atoms with E-state index in [1.807, 2.05) is 24.3 Å². The number of piperidine rings is 1. The number of carbonyl (C=O) groups excluding carboxylic acids is 1. The number of benzene rings is 1. The molecule has 0 bridgehead atoms. The second-order valence-corrected chi connectivity index (χ2v) is 7.94. The highest BCUT2D eigenvalue weighted by Gasteiger charge is 2.35. The minimum atomic E-state index is 0.298. The fraction of sp³-hybridized carbons (Fsp3) is 0.591. The van der Waals surface area contributed by atoms with Gasteiger partial charge in [-0.05, 0) is 62.3 Å². The Bertz CT molecular complexity index is 785. The van der Waals surface area contributed by atoms with Crippen LogP contribution in [0.1, 0.15) is 57.3 Å². The molecule has 6 heteroatoms. The van der Waals surface area contributed by atoms with Crippen molar-refractivity contribution in [2.24, 2.45) is 5.92 Å². The van der Waals surface area contributed by atoms with Crippen molar-refractivity contribution in [1.29, 1.82) is 0 Å². The number of amides is 1. The van der Waals surface area contributed by atoms with Gasteiger partial charge >= 0.3 is 0 Å². The van der Waals surface area contributed by atoms with Crippen molar-refractivity contribution >= 4 is 5.91 Å². The van der Waals surface area contributed by atoms with Gasteiger partial charge in [0.2, 0.25) is 17.6 Å². The Morgan fingerprint density at radius 3 is 2.79 bits per heavy atom. The summed E-state index contributed by atoms with van der Waals surface area (Å²) in [6.07, 6.45) is 9.47. The van der Waals surface area contributed by atoms with Crippen molar-refractivity contribution in [2.45, 2.75) is 63.8 Å². The lowest BCUT2D eigenvalue weighted by atomic mass is 9.78. The van der Waals surface area contributed by atoms with Crippen LogP contribution >= 0.6 is 0 Å². The first-order valence-electron chi connectivity index (χ1n) is 10.5. The number of aryl methyl sites for hydroxylation is 1. The maximum Gasteiger partial charge on any atom is 0.226 e. The molecule has 0 N–H and O–H groups in total. The third kappa shape index (κ3) is 4.21. The van der Waals surface area contributed by atoms with Gasteiger partial charge in [-0.3, -0.25) is 4.79 Å². The van der Waals surface area contributed by atoms with Crippen LogP contribution in [0.25, 0.3) is 11.4 Å². The second-order valence-electron chi connectivity index (χ2n) is 7.94. The molecule has 28 heavy (non-hydrogen) atoms. The molecule has 1 saturated carbocycles. The molecule has 1 aromatic carbocycles. The fourth-order valence-electron chi connectivity index (χ4n) is 4.68. The van der Waals surface area contributed by atoms with E-state index in [-0.39, 0.29) is 0 Å². The van der Waals surface area contributed by atoms with Crippen LogP contribution in [0.5, 0.6) is 5.75 Å². The van der Waals surface area contributed by atoms with E-state index >= 15 is 0 Å². The summed E-state index contributed by atoms with van der Waals surface area (Å²) in [5.74, 6) is 2.99. The normalized spacial score (nSPS) is 22.0. The quantitative estimate of drug-likeness (QED) is 0.746. The molecule has 2 atom stereocenters. The minimum Gasteiger partial charge on any atom is -0.497 e. The summed E-state index contributed by atoms with van der Waals surface area (Å²) in [5, 5.41) is 4.06. The molecule has 0 unspecified atom stereocenters. The molecule has 1 aliphatic carbocycles. The van der Waals surface area contributed by atoms with Crippen LogP contribution in [0.4, 0.5) is 0 Å². The Kier molecular flexibility index (Phi) is 5.93. The molecule has 4 rings (SSSR count). The molecule has 0 radical (unpaired) electrons. The highest BCUT2D eigenvalue weighted by molar-refractivity contribution is 5.76. The molecule has 2 fully saturated rings. The van der Waals surface area contributed by atoms with E-state index in [2.05, 4.69) is 15.0 Å². The highest BCUT2D eigenvalue weighted by atomic mass is 16.5. The van der Waals surface area contributed by atoms with Gasteiger partial charge < -0.3 is 14.2 Å². The molecule has 150 valence electrons. The smallest absolute Gasteiger partial charge is 0.226 e. The molecular formula is C22H29N3O3. The van der Waals surface area contributed by atoms with Crippen LogP contribution < -0.4 is 4.74 Å². The van der Waals surface area contributed by atoms with Gasteiger partial charge in [0.05, 0.1) is 7.11 Å². The molecule has 2 aromatic rings. The summed E-state index contributed by atoms with van der Waals surface area (Å²) in [4.78, 5) is 19.4. The van der Waals surface area contributed by atoms with Crippen molar-refractivity contribution in [1.82, 2.24) is 15.0 Å². The summed E-state index contributed by atoms with van der Waals surface area (Å²) < 4.78 is 10.5. The van der Waals surface area contributed by atoms with Crippen molar-refractivity contribution in [3.63, 3.8) is 0 Å². The lowest BCUT2D eigenvalue weighted by Gasteiger charge is -2.44. The molecule has 1 aromatic heterocycles. The number of nitrogens with zero attached hydrogens (tertiary/aromatic N) is 3. The molecule has 1 saturated heterocycles. The van der Waals surface area contributed by atoms with Crippen LogP contribution in [0.15, 0.2) is 28.8 Å². The van der Waals surface area contributed by atoms with Gasteiger partial charge in [0.15, 0.2) is 0 Å². The molecule has 1 amide bonds. The zero-order valence-corrected chi connectivity index (χ0v) is 16.6. The molecule has 0 spiro atoms. The molecule has 2 aliphatic rings. The lowest BCUT2D eigenvalue weighted by Crippen LogP contribution is -2.49. The first-order chi connectivity index (χ1) is 13.7. The number of hydrogen-bond acceptors (Lipinski definition) is 5. The van der Waals surface area contributed by atoms with Crippen molar-refractivity contribution < 1.29 is 14.1 Å². The predicted octanol–water partition coefficient (Wildman–Crippen LogP) is 4.25. The maximum absolute atomic E-state index is 12.8. The van der Waals surface area contributed by atoms with Gasteiger partial charge in [-0.2, -0.15) is 4.98 Å². The SMILES string of the molecule is COc1ccc(-c2noc(CCCC(=O)N3CCC[C@H]4CCCC[C@@H]43)n2)cc1. The van der Waals surface area contributed by atoms with Crippen LogP contribution in [-0.4, -0.2) is 40.6 Å². The Hall–Kier alpha value is -2.37. The van der Waals surface area contributed by atoms with Crippen LogP contribution in [-0.2, 0) is 11.2 Å². The van der Waals surface area contributed by atoms with E-state index in [1.165, 1.54) is 32.1 Å². The van der Waals surface area contributed by atoms with Gasteiger partial charge in [0.1, 0.15) is 5.75 Å². The van der Waals surface area contributed by atoms with E-state index in [1.54, 1.807) is 7.11 Å². The number of rotatable bonds is 6. The van der Waals surface area contributed by atoms with E-state index in [0.717, 1.165) is 36.6 Å². The first-order valence-corrected chi connectivity index (χ1v) is 10.5. The van der Waals surface area contributed by atoms with Crippen LogP contribution in [0.2, 0.25) is 0 Å². The highest BCUT2D eigenvalue weighted by Crippen LogP contribution is 2.35. The average molecular weight is 383 g/mol. The number of hydrogen-bond donors (Lipinski definition) is 0. The lowest BCUT2D eigenvalue weighted by molar-refractivity contribution is -0.137. The van der Waals surface area contributed by atoms with Gasteiger partial charge in [-0.1, -0.05) is 18.0 Å². The number of fused-ring (bicyclic) bond motifs is 1. The van der Waals surface area contributed by atoms with Gasteiger partial charge in [-0.25, -0.2) is 0 Å². The summed E-state index contributed by atoms with van der Waals surface area (Å²) in [6.45, 7) is 0.933. The van der Waals surface area contributed by atoms with Crippen molar-refractivity contribution in [3.05, 3.63) is 30.2 Å². The van der Waals surface area contributed by atoms with E-state index in [4.69, 9.17) is 9.26 Å². The number of ether oxygens (including phenoxy) is 1. The van der Waals surface area contributed by atoms with Gasteiger partial charge in [-0.15, -0.1) is 0 Å². The third-order valence-electron chi connectivity index (χ3n) is 6.16. The summed E-state index contributed by atoms with van der Waals surface area (Å²) in [5.41, 5.74) is 0.892. The van der Waals surface area contributed by atoms with Crippen molar-refractivity contribution in [3.8, 4) is 17.1 Å². The second kappa shape index (κ2) is 8.76. The first kappa shape index (κ1) is 19.0. The Morgan fingerprint density at radius 2 is 1.96 bits per heavy atom. The summed E-state index contributed by atoms with van der Waals surface area (Å²) in [7, 11) is 1.64. The number of methoxy groups -OCH3 is 1. The summed E-state index contributed by atoms with van der Waals surface area (Å²) >= 11 is 0. The largest absolute Gasteiger partial charge is 0.497 e. The topological polar surface area (TPSA) is 68.5 Å². The van der Waals surface area contributed by atoms with E-state index < -0.39 is 0 Å². The molecule has 1 aliphatic heterocycles. The number of carbonyl (C=O) groups is 1. The van der Waals surface area contributed by atoms with E-state index in [9.17, 15) is 4.79 Å². The molecule has 6 nitrogen and oxygen atoms in total. The monoisotopic (exact) mass is 383 g/mol. The van der Waals surface area contributed by atoms with Gasteiger partial charge in [0.25, 0.3) is 0 Å². The third-order valence-corrected chi connectivity index (χ3v) is 6.16. The Morgan fingerprint density at radius 1 is 1.18 bits per heavy atom. The van der Waals surface area contributed by atoms with Crippen molar-refractivity contribution in [2.75, 3.05) is 13.7 Å². The average Bonchev–Trinajstić information content (AvgIpc) is 3.22. The maximum atomic E-state index is 12.8. The zero-order chi connectivity index (χ0) is 19.3. The fourth-order valence-corrected chi connectivity index (χ4v) is 4.68. The zero-order valence-electron chi connectivity index (χ0n) is 16.6. The predicted molar refractivity (Wildman–Crippen MR) is 106 cm³/mol. The molecular weight excluding hydrogens is 354 g/mol. The minimum absolute atomic E-state index is 0.298. The van der Waals surface area contributed by atoms with Crippen LogP contribution in [0.3, 0.4) is 0 Å². The number of aromatic nitrogens is 2. The van der Waals surface area contributed by atoms with E-state index in [0.29, 0.717) is 36.5 Å². The summed E-state index contributed by atoms with van der Waals surface area (Å²) in [6, 6.07) is 8.06. The standard InChI is InChI=1S/C22H29N3O3/c1-27-18-13-11-17(12-14-18)22-23-20(28-24-22)9-4-10-21(26)25-15-5-7-16-6-2-3-8-19(16)25/h11-14,16,19H,2-10,15H2,1H3/t16-,19+/m1/s1. The number of likely N-dealkylation sites (tertiary alicyclic amines) is 1. The Balaban J connectivity index is 1.29. The van der Waals surface area contributed by atoms with Gasteiger partial charge in [0, 0.05) is 31.0 Å².